The molecule has 0 spiro atoms. The number of aromatic nitrogens is 3. The fraction of sp³-hybridized carbons (Fsp3) is 0.571. The van der Waals surface area contributed by atoms with Gasteiger partial charge in [0.1, 0.15) is 11.5 Å². The van der Waals surface area contributed by atoms with Crippen LogP contribution < -0.4 is 0 Å². The fourth-order valence-electron chi connectivity index (χ4n) is 2.28. The van der Waals surface area contributed by atoms with Gasteiger partial charge in [-0.25, -0.2) is 13.4 Å². The summed E-state index contributed by atoms with van der Waals surface area (Å²) in [5, 5.41) is 3.85. The molecular formula is C14H21N3O3S. The molecule has 0 unspecified atom stereocenters. The van der Waals surface area contributed by atoms with Crippen LogP contribution in [0.3, 0.4) is 0 Å². The molecular weight excluding hydrogens is 290 g/mol. The van der Waals surface area contributed by atoms with Crippen molar-refractivity contribution in [3.63, 3.8) is 0 Å². The molecule has 6 nitrogen and oxygen atoms in total. The first-order valence-electron chi connectivity index (χ1n) is 6.94. The molecule has 0 aliphatic carbocycles. The van der Waals surface area contributed by atoms with Gasteiger partial charge >= 0.3 is 0 Å². The van der Waals surface area contributed by atoms with Crippen molar-refractivity contribution in [2.45, 2.75) is 57.5 Å². The SMILES string of the molecule is Cc1cc(CS(=O)(=O)c2ncc(C(C)C)n2C(C)C)no1. The number of hydrogen-bond donors (Lipinski definition) is 0. The molecule has 0 N–H and O–H groups in total. The van der Waals surface area contributed by atoms with E-state index >= 15 is 0 Å². The second kappa shape index (κ2) is 5.63. The van der Waals surface area contributed by atoms with Crippen LogP contribution in [-0.4, -0.2) is 23.1 Å². The Morgan fingerprint density at radius 3 is 2.43 bits per heavy atom. The predicted molar refractivity (Wildman–Crippen MR) is 78.8 cm³/mol. The fourth-order valence-corrected chi connectivity index (χ4v) is 3.76. The summed E-state index contributed by atoms with van der Waals surface area (Å²) in [7, 11) is -3.56. The van der Waals surface area contributed by atoms with E-state index in [2.05, 4.69) is 10.1 Å². The monoisotopic (exact) mass is 311 g/mol. The molecule has 0 saturated carbocycles. The highest BCUT2D eigenvalue weighted by Gasteiger charge is 2.27. The van der Waals surface area contributed by atoms with Crippen LogP contribution in [0.5, 0.6) is 0 Å². The van der Waals surface area contributed by atoms with Crippen LogP contribution in [0.2, 0.25) is 0 Å². The molecule has 0 fully saturated rings. The second-order valence-corrected chi connectivity index (χ2v) is 7.66. The van der Waals surface area contributed by atoms with Crippen molar-refractivity contribution in [1.29, 1.82) is 0 Å². The molecule has 0 aromatic carbocycles. The minimum Gasteiger partial charge on any atom is -0.361 e. The average Bonchev–Trinajstić information content (AvgIpc) is 2.94. The normalized spacial score (nSPS) is 12.5. The summed E-state index contributed by atoms with van der Waals surface area (Å²) in [5.41, 5.74) is 1.32. The van der Waals surface area contributed by atoms with Crippen LogP contribution in [-0.2, 0) is 15.6 Å². The van der Waals surface area contributed by atoms with Crippen molar-refractivity contribution in [2.24, 2.45) is 0 Å². The van der Waals surface area contributed by atoms with Crippen molar-refractivity contribution in [2.75, 3.05) is 0 Å². The second-order valence-electron chi connectivity index (χ2n) is 5.77. The van der Waals surface area contributed by atoms with E-state index in [1.807, 2.05) is 27.7 Å². The van der Waals surface area contributed by atoms with E-state index in [0.717, 1.165) is 5.69 Å². The van der Waals surface area contributed by atoms with Gasteiger partial charge in [-0.15, -0.1) is 0 Å². The predicted octanol–water partition coefficient (Wildman–Crippen LogP) is 2.86. The van der Waals surface area contributed by atoms with Gasteiger partial charge in [0.05, 0.1) is 5.69 Å². The lowest BCUT2D eigenvalue weighted by Crippen LogP contribution is -2.17. The van der Waals surface area contributed by atoms with E-state index in [1.54, 1.807) is 23.8 Å². The molecule has 116 valence electrons. The van der Waals surface area contributed by atoms with Crippen LogP contribution in [0.25, 0.3) is 0 Å². The third kappa shape index (κ3) is 3.18. The van der Waals surface area contributed by atoms with Gasteiger partial charge in [-0.3, -0.25) is 0 Å². The standard InChI is InChI=1S/C14H21N3O3S/c1-9(2)13-7-15-14(17(13)10(3)4)21(18,19)8-12-6-11(5)20-16-12/h6-7,9-10H,8H2,1-5H3. The van der Waals surface area contributed by atoms with E-state index in [9.17, 15) is 8.42 Å². The zero-order valence-corrected chi connectivity index (χ0v) is 13.8. The molecule has 21 heavy (non-hydrogen) atoms. The van der Waals surface area contributed by atoms with Gasteiger partial charge in [-0.1, -0.05) is 19.0 Å². The van der Waals surface area contributed by atoms with Gasteiger partial charge in [0, 0.05) is 24.0 Å². The van der Waals surface area contributed by atoms with Crippen molar-refractivity contribution in [1.82, 2.24) is 14.7 Å². The Labute approximate surface area is 125 Å². The first kappa shape index (κ1) is 15.8. The maximum Gasteiger partial charge on any atom is 0.228 e. The molecule has 0 bridgehead atoms. The minimum atomic E-state index is -3.56. The minimum absolute atomic E-state index is 0.0220. The molecule has 0 amide bonds. The summed E-state index contributed by atoms with van der Waals surface area (Å²) < 4.78 is 31.9. The van der Waals surface area contributed by atoms with Crippen LogP contribution >= 0.6 is 0 Å². The van der Waals surface area contributed by atoms with Crippen molar-refractivity contribution >= 4 is 9.84 Å². The van der Waals surface area contributed by atoms with Crippen LogP contribution in [0.4, 0.5) is 0 Å². The maximum atomic E-state index is 12.6. The van der Waals surface area contributed by atoms with Crippen LogP contribution in [0, 0.1) is 6.92 Å². The molecule has 0 saturated heterocycles. The molecule has 0 aliphatic heterocycles. The first-order chi connectivity index (χ1) is 9.72. The Morgan fingerprint density at radius 2 is 1.95 bits per heavy atom. The van der Waals surface area contributed by atoms with Gasteiger partial charge in [0.15, 0.2) is 0 Å². The summed E-state index contributed by atoms with van der Waals surface area (Å²) in [5.74, 6) is 0.597. The summed E-state index contributed by atoms with van der Waals surface area (Å²) in [4.78, 5) is 4.15. The van der Waals surface area contributed by atoms with Crippen molar-refractivity contribution in [3.05, 3.63) is 29.4 Å². The number of hydrogen-bond acceptors (Lipinski definition) is 5. The summed E-state index contributed by atoms with van der Waals surface area (Å²) in [6.07, 6.45) is 1.64. The Kier molecular flexibility index (Phi) is 4.22. The molecule has 0 aliphatic rings. The Balaban J connectivity index is 2.45. The number of aryl methyl sites for hydroxylation is 1. The zero-order valence-electron chi connectivity index (χ0n) is 13.0. The number of rotatable bonds is 5. The molecule has 0 atom stereocenters. The number of imidazole rings is 1. The summed E-state index contributed by atoms with van der Waals surface area (Å²) in [6.45, 7) is 9.68. The summed E-state index contributed by atoms with van der Waals surface area (Å²) >= 11 is 0. The molecule has 2 aromatic rings. The van der Waals surface area contributed by atoms with E-state index in [0.29, 0.717) is 11.5 Å². The van der Waals surface area contributed by atoms with E-state index in [1.165, 1.54) is 0 Å². The van der Waals surface area contributed by atoms with Crippen molar-refractivity contribution in [3.8, 4) is 0 Å². The maximum absolute atomic E-state index is 12.6. The quantitative estimate of drug-likeness (QED) is 0.848. The lowest BCUT2D eigenvalue weighted by molar-refractivity contribution is 0.392. The lowest BCUT2D eigenvalue weighted by Gasteiger charge is -2.17. The third-order valence-corrected chi connectivity index (χ3v) is 4.73. The Hall–Kier alpha value is -1.63. The van der Waals surface area contributed by atoms with Gasteiger partial charge in [-0.2, -0.15) is 0 Å². The zero-order chi connectivity index (χ0) is 15.8. The van der Waals surface area contributed by atoms with E-state index in [4.69, 9.17) is 4.52 Å². The first-order valence-corrected chi connectivity index (χ1v) is 8.59. The van der Waals surface area contributed by atoms with Crippen LogP contribution in [0.1, 0.15) is 56.8 Å². The Bertz CT molecular complexity index is 726. The number of nitrogens with zero attached hydrogens (tertiary/aromatic N) is 3. The van der Waals surface area contributed by atoms with E-state index < -0.39 is 9.84 Å². The Morgan fingerprint density at radius 1 is 1.29 bits per heavy atom. The highest BCUT2D eigenvalue weighted by Crippen LogP contribution is 2.25. The molecule has 2 rings (SSSR count). The lowest BCUT2D eigenvalue weighted by atomic mass is 10.1. The number of sulfone groups is 1. The van der Waals surface area contributed by atoms with Gasteiger partial charge in [-0.05, 0) is 26.7 Å². The highest BCUT2D eigenvalue weighted by molar-refractivity contribution is 7.90. The van der Waals surface area contributed by atoms with Crippen LogP contribution in [0.15, 0.2) is 21.9 Å². The van der Waals surface area contributed by atoms with Gasteiger partial charge < -0.3 is 9.09 Å². The third-order valence-electron chi connectivity index (χ3n) is 3.19. The molecule has 2 heterocycles. The van der Waals surface area contributed by atoms with E-state index in [-0.39, 0.29) is 22.9 Å². The average molecular weight is 311 g/mol. The molecule has 7 heteroatoms. The van der Waals surface area contributed by atoms with Gasteiger partial charge in [0.25, 0.3) is 0 Å². The van der Waals surface area contributed by atoms with Crippen molar-refractivity contribution < 1.29 is 12.9 Å². The smallest absolute Gasteiger partial charge is 0.228 e. The topological polar surface area (TPSA) is 78.0 Å². The summed E-state index contributed by atoms with van der Waals surface area (Å²) in [6, 6.07) is 1.65. The molecule has 0 radical (unpaired) electrons. The highest BCUT2D eigenvalue weighted by atomic mass is 32.2. The molecule has 2 aromatic heterocycles. The van der Waals surface area contributed by atoms with Gasteiger partial charge in [0.2, 0.25) is 15.0 Å². The largest absolute Gasteiger partial charge is 0.361 e.